The van der Waals surface area contributed by atoms with E-state index in [4.69, 9.17) is 14.2 Å². The highest BCUT2D eigenvalue weighted by Gasteiger charge is 2.24. The zero-order chi connectivity index (χ0) is 19.2. The maximum absolute atomic E-state index is 12.6. The monoisotopic (exact) mass is 370 g/mol. The molecule has 0 aromatic heterocycles. The van der Waals surface area contributed by atoms with Crippen LogP contribution >= 0.6 is 0 Å². The van der Waals surface area contributed by atoms with Gasteiger partial charge in [0.05, 0.1) is 21.3 Å². The van der Waals surface area contributed by atoms with Gasteiger partial charge in [-0.1, -0.05) is 18.2 Å². The number of methoxy groups -OCH3 is 3. The van der Waals surface area contributed by atoms with Gasteiger partial charge < -0.3 is 24.4 Å². The molecule has 1 atom stereocenters. The van der Waals surface area contributed by atoms with Gasteiger partial charge in [0.2, 0.25) is 5.75 Å². The van der Waals surface area contributed by atoms with Gasteiger partial charge in [-0.05, 0) is 36.6 Å². The van der Waals surface area contributed by atoms with Crippen molar-refractivity contribution in [3.63, 3.8) is 0 Å². The molecule has 0 spiro atoms. The van der Waals surface area contributed by atoms with E-state index in [1.54, 1.807) is 19.2 Å². The molecule has 2 aromatic carbocycles. The molecule has 1 fully saturated rings. The number of amides is 1. The summed E-state index contributed by atoms with van der Waals surface area (Å²) in [5.74, 6) is 1.70. The van der Waals surface area contributed by atoms with Crippen LogP contribution in [0.25, 0.3) is 0 Å². The van der Waals surface area contributed by atoms with E-state index in [2.05, 4.69) is 34.5 Å². The van der Waals surface area contributed by atoms with Gasteiger partial charge in [0.25, 0.3) is 5.91 Å². The van der Waals surface area contributed by atoms with Crippen LogP contribution in [-0.4, -0.2) is 46.9 Å². The van der Waals surface area contributed by atoms with Crippen LogP contribution in [0, 0.1) is 5.92 Å². The summed E-state index contributed by atoms with van der Waals surface area (Å²) < 4.78 is 15.9. The lowest BCUT2D eigenvalue weighted by Crippen LogP contribution is -2.31. The second kappa shape index (κ2) is 8.66. The molecule has 27 heavy (non-hydrogen) atoms. The lowest BCUT2D eigenvalue weighted by molar-refractivity contribution is 0.0947. The zero-order valence-corrected chi connectivity index (χ0v) is 16.0. The zero-order valence-electron chi connectivity index (χ0n) is 16.0. The largest absolute Gasteiger partial charge is 0.493 e. The van der Waals surface area contributed by atoms with Crippen LogP contribution in [0.5, 0.6) is 17.2 Å². The Morgan fingerprint density at radius 2 is 1.74 bits per heavy atom. The number of anilines is 1. The van der Waals surface area contributed by atoms with Crippen LogP contribution in [0.2, 0.25) is 0 Å². The molecule has 144 valence electrons. The number of hydrogen-bond acceptors (Lipinski definition) is 5. The summed E-state index contributed by atoms with van der Waals surface area (Å²) in [7, 11) is 4.62. The molecule has 1 aliphatic rings. The van der Waals surface area contributed by atoms with Crippen LogP contribution in [0.4, 0.5) is 5.69 Å². The van der Waals surface area contributed by atoms with Gasteiger partial charge >= 0.3 is 0 Å². The molecule has 0 bridgehead atoms. The molecular formula is C21H26N2O4. The van der Waals surface area contributed by atoms with Crippen LogP contribution < -0.4 is 24.4 Å². The molecule has 2 aromatic rings. The minimum absolute atomic E-state index is 0.146. The molecule has 0 aliphatic carbocycles. The number of nitrogens with zero attached hydrogens (tertiary/aromatic N) is 1. The Bertz CT molecular complexity index is 754. The minimum Gasteiger partial charge on any atom is -0.493 e. The fourth-order valence-electron chi connectivity index (χ4n) is 3.42. The van der Waals surface area contributed by atoms with Crippen molar-refractivity contribution in [3.05, 3.63) is 48.0 Å². The quantitative estimate of drug-likeness (QED) is 0.812. The first-order valence-corrected chi connectivity index (χ1v) is 9.04. The fraction of sp³-hybridized carbons (Fsp3) is 0.381. The van der Waals surface area contributed by atoms with E-state index >= 15 is 0 Å². The molecule has 0 radical (unpaired) electrons. The van der Waals surface area contributed by atoms with E-state index in [1.807, 2.05) is 6.07 Å². The number of hydrogen-bond donors (Lipinski definition) is 1. The lowest BCUT2D eigenvalue weighted by Gasteiger charge is -2.19. The van der Waals surface area contributed by atoms with Crippen molar-refractivity contribution in [1.82, 2.24) is 5.32 Å². The number of nitrogens with one attached hydrogen (secondary N) is 1. The van der Waals surface area contributed by atoms with Crippen molar-refractivity contribution in [1.29, 1.82) is 0 Å². The maximum Gasteiger partial charge on any atom is 0.251 e. The highest BCUT2D eigenvalue weighted by atomic mass is 16.5. The number of carbonyl (C=O) groups is 1. The van der Waals surface area contributed by atoms with E-state index < -0.39 is 0 Å². The van der Waals surface area contributed by atoms with Crippen molar-refractivity contribution in [3.8, 4) is 17.2 Å². The second-order valence-electron chi connectivity index (χ2n) is 6.56. The Morgan fingerprint density at radius 1 is 1.07 bits per heavy atom. The van der Waals surface area contributed by atoms with Crippen LogP contribution in [0.3, 0.4) is 0 Å². The van der Waals surface area contributed by atoms with Gasteiger partial charge in [-0.3, -0.25) is 4.79 Å². The van der Waals surface area contributed by atoms with Crippen LogP contribution in [-0.2, 0) is 0 Å². The Hall–Kier alpha value is -2.89. The first-order chi connectivity index (χ1) is 13.2. The van der Waals surface area contributed by atoms with Gasteiger partial charge in [0.1, 0.15) is 0 Å². The molecule has 6 heteroatoms. The van der Waals surface area contributed by atoms with Gasteiger partial charge in [-0.15, -0.1) is 0 Å². The van der Waals surface area contributed by atoms with E-state index in [1.165, 1.54) is 19.9 Å². The van der Waals surface area contributed by atoms with Gasteiger partial charge in [0, 0.05) is 30.9 Å². The van der Waals surface area contributed by atoms with Crippen molar-refractivity contribution < 1.29 is 19.0 Å². The normalized spacial score (nSPS) is 16.1. The molecule has 1 amide bonds. The Labute approximate surface area is 160 Å². The number of para-hydroxylation sites is 1. The van der Waals surface area contributed by atoms with Crippen molar-refractivity contribution in [2.75, 3.05) is 45.9 Å². The molecule has 1 unspecified atom stereocenters. The molecule has 1 saturated heterocycles. The van der Waals surface area contributed by atoms with Crippen molar-refractivity contribution in [2.45, 2.75) is 6.42 Å². The van der Waals surface area contributed by atoms with E-state index in [0.29, 0.717) is 35.3 Å². The summed E-state index contributed by atoms with van der Waals surface area (Å²) in [5, 5.41) is 3.04. The summed E-state index contributed by atoms with van der Waals surface area (Å²) in [6, 6.07) is 13.7. The predicted molar refractivity (Wildman–Crippen MR) is 105 cm³/mol. The van der Waals surface area contributed by atoms with E-state index in [-0.39, 0.29) is 5.91 Å². The second-order valence-corrected chi connectivity index (χ2v) is 6.56. The third-order valence-electron chi connectivity index (χ3n) is 4.89. The van der Waals surface area contributed by atoms with Gasteiger partial charge in [-0.2, -0.15) is 0 Å². The SMILES string of the molecule is COc1cc(C(=O)NCC2CCN(c3ccccc3)C2)cc(OC)c1OC. The molecule has 3 rings (SSSR count). The van der Waals surface area contributed by atoms with E-state index in [0.717, 1.165) is 19.5 Å². The fourth-order valence-corrected chi connectivity index (χ4v) is 3.42. The summed E-state index contributed by atoms with van der Waals surface area (Å²) in [6.07, 6.45) is 1.06. The molecule has 6 nitrogen and oxygen atoms in total. The van der Waals surface area contributed by atoms with Gasteiger partial charge in [0.15, 0.2) is 11.5 Å². The minimum atomic E-state index is -0.146. The highest BCUT2D eigenvalue weighted by molar-refractivity contribution is 5.95. The topological polar surface area (TPSA) is 60.0 Å². The summed E-state index contributed by atoms with van der Waals surface area (Å²) in [5.41, 5.74) is 1.72. The van der Waals surface area contributed by atoms with Crippen molar-refractivity contribution >= 4 is 11.6 Å². The first-order valence-electron chi connectivity index (χ1n) is 9.04. The molecular weight excluding hydrogens is 344 g/mol. The van der Waals surface area contributed by atoms with Crippen LogP contribution in [0.1, 0.15) is 16.8 Å². The molecule has 1 N–H and O–H groups in total. The third-order valence-corrected chi connectivity index (χ3v) is 4.89. The third kappa shape index (κ3) is 4.27. The number of rotatable bonds is 7. The smallest absolute Gasteiger partial charge is 0.251 e. The van der Waals surface area contributed by atoms with Crippen LogP contribution in [0.15, 0.2) is 42.5 Å². The molecule has 0 saturated carbocycles. The molecule has 1 aliphatic heterocycles. The summed E-state index contributed by atoms with van der Waals surface area (Å²) in [4.78, 5) is 15.0. The van der Waals surface area contributed by atoms with Gasteiger partial charge in [-0.25, -0.2) is 0 Å². The Kier molecular flexibility index (Phi) is 6.06. The Balaban J connectivity index is 1.61. The average Bonchev–Trinajstić information content (AvgIpc) is 3.20. The number of carbonyl (C=O) groups excluding carboxylic acids is 1. The summed E-state index contributed by atoms with van der Waals surface area (Å²) in [6.45, 7) is 2.59. The Morgan fingerprint density at radius 3 is 2.33 bits per heavy atom. The maximum atomic E-state index is 12.6. The first kappa shape index (κ1) is 18.9. The van der Waals surface area contributed by atoms with Crippen molar-refractivity contribution in [2.24, 2.45) is 5.92 Å². The van der Waals surface area contributed by atoms with E-state index in [9.17, 15) is 4.79 Å². The number of benzene rings is 2. The molecule has 1 heterocycles. The highest BCUT2D eigenvalue weighted by Crippen LogP contribution is 2.38. The average molecular weight is 370 g/mol. The lowest BCUT2D eigenvalue weighted by atomic mass is 10.1. The number of ether oxygens (including phenoxy) is 3. The standard InChI is InChI=1S/C21H26N2O4/c1-25-18-11-16(12-19(26-2)20(18)27-3)21(24)22-13-15-9-10-23(14-15)17-7-5-4-6-8-17/h4-8,11-12,15H,9-10,13-14H2,1-3H3,(H,22,24). The summed E-state index contributed by atoms with van der Waals surface area (Å²) >= 11 is 0. The predicted octanol–water partition coefficient (Wildman–Crippen LogP) is 2.97.